The number of aliphatic hydroxyl groups is 1. The van der Waals surface area contributed by atoms with E-state index in [1.807, 2.05) is 12.1 Å². The molecular formula is C11H13ClIO4P. The second-order valence-electron chi connectivity index (χ2n) is 3.34. The predicted molar refractivity (Wildman–Crippen MR) is 80.6 cm³/mol. The Balaban J connectivity index is 2.96. The van der Waals surface area contributed by atoms with E-state index in [1.54, 1.807) is 12.1 Å². The van der Waals surface area contributed by atoms with Gasteiger partial charge >= 0.3 is 7.60 Å². The number of aliphatic hydroxyl groups excluding tert-OH is 1. The van der Waals surface area contributed by atoms with Gasteiger partial charge in [-0.05, 0) is 46.4 Å². The summed E-state index contributed by atoms with van der Waals surface area (Å²) in [6, 6.07) is 7.37. The molecule has 18 heavy (non-hydrogen) atoms. The van der Waals surface area contributed by atoms with Gasteiger partial charge in [0.1, 0.15) is 0 Å². The first-order valence-electron chi connectivity index (χ1n) is 4.95. The van der Waals surface area contributed by atoms with Crippen molar-refractivity contribution in [1.82, 2.24) is 0 Å². The van der Waals surface area contributed by atoms with Crippen molar-refractivity contribution in [2.24, 2.45) is 0 Å². The third kappa shape index (κ3) is 4.05. The van der Waals surface area contributed by atoms with Crippen LogP contribution in [0, 0.1) is 3.57 Å². The quantitative estimate of drug-likeness (QED) is 0.603. The van der Waals surface area contributed by atoms with E-state index >= 15 is 0 Å². The standard InChI is InChI=1S/C11H13ClIO4P/c1-16-18(15,17-2)11(14)7-10(12)8-3-5-9(13)6-4-8/h3-7,11,14H,1-2H3/b10-7-/t11-/m1/s1. The molecule has 0 aliphatic heterocycles. The van der Waals surface area contributed by atoms with Gasteiger partial charge in [0.05, 0.1) is 0 Å². The van der Waals surface area contributed by atoms with Crippen LogP contribution in [0.5, 0.6) is 0 Å². The molecule has 7 heteroatoms. The summed E-state index contributed by atoms with van der Waals surface area (Å²) in [5.41, 5.74) is 0.717. The molecule has 0 saturated carbocycles. The van der Waals surface area contributed by atoms with E-state index in [-0.39, 0.29) is 5.03 Å². The van der Waals surface area contributed by atoms with Gasteiger partial charge in [0.2, 0.25) is 0 Å². The Hall–Kier alpha value is 0.0900. The molecule has 0 heterocycles. The zero-order chi connectivity index (χ0) is 13.8. The second kappa shape index (κ2) is 7.03. The fraction of sp³-hybridized carbons (Fsp3) is 0.273. The normalized spacial score (nSPS) is 14.6. The fourth-order valence-corrected chi connectivity index (χ4v) is 2.82. The lowest BCUT2D eigenvalue weighted by molar-refractivity contribution is 0.201. The highest BCUT2D eigenvalue weighted by molar-refractivity contribution is 14.1. The molecule has 0 saturated heterocycles. The molecule has 1 aromatic carbocycles. The Labute approximate surface area is 125 Å². The minimum atomic E-state index is -3.56. The zero-order valence-electron chi connectivity index (χ0n) is 9.84. The minimum absolute atomic E-state index is 0.285. The lowest BCUT2D eigenvalue weighted by atomic mass is 10.2. The lowest BCUT2D eigenvalue weighted by Crippen LogP contribution is -2.07. The van der Waals surface area contributed by atoms with Crippen molar-refractivity contribution in [2.45, 2.75) is 5.85 Å². The number of hydrogen-bond donors (Lipinski definition) is 1. The summed E-state index contributed by atoms with van der Waals surface area (Å²) in [5.74, 6) is -1.40. The van der Waals surface area contributed by atoms with Gasteiger partial charge in [0, 0.05) is 22.8 Å². The molecule has 100 valence electrons. The van der Waals surface area contributed by atoms with Gasteiger partial charge in [-0.15, -0.1) is 0 Å². The van der Waals surface area contributed by atoms with Crippen molar-refractivity contribution >= 4 is 46.8 Å². The summed E-state index contributed by atoms with van der Waals surface area (Å²) in [4.78, 5) is 0. The van der Waals surface area contributed by atoms with Crippen LogP contribution >= 0.6 is 41.8 Å². The number of benzene rings is 1. The Kier molecular flexibility index (Phi) is 6.30. The number of rotatable bonds is 5. The molecule has 0 fully saturated rings. The van der Waals surface area contributed by atoms with E-state index in [9.17, 15) is 9.67 Å². The third-order valence-electron chi connectivity index (χ3n) is 2.25. The van der Waals surface area contributed by atoms with Crippen molar-refractivity contribution in [3.05, 3.63) is 39.5 Å². The predicted octanol–water partition coefficient (Wildman–Crippen LogP) is 3.68. The first-order valence-corrected chi connectivity index (χ1v) is 8.02. The molecule has 0 spiro atoms. The van der Waals surface area contributed by atoms with E-state index < -0.39 is 13.4 Å². The van der Waals surface area contributed by atoms with Crippen molar-refractivity contribution in [3.63, 3.8) is 0 Å². The molecule has 4 nitrogen and oxygen atoms in total. The highest BCUT2D eigenvalue weighted by Crippen LogP contribution is 2.51. The van der Waals surface area contributed by atoms with Crippen LogP contribution in [-0.4, -0.2) is 25.2 Å². The third-order valence-corrected chi connectivity index (χ3v) is 5.13. The molecule has 0 aliphatic rings. The first kappa shape index (κ1) is 16.1. The molecule has 1 N–H and O–H groups in total. The summed E-state index contributed by atoms with van der Waals surface area (Å²) in [5, 5.41) is 10.1. The van der Waals surface area contributed by atoms with E-state index in [4.69, 9.17) is 11.6 Å². The molecule has 0 amide bonds. The van der Waals surface area contributed by atoms with Gasteiger partial charge in [-0.2, -0.15) is 0 Å². The van der Waals surface area contributed by atoms with Crippen LogP contribution in [0.4, 0.5) is 0 Å². The van der Waals surface area contributed by atoms with Crippen LogP contribution < -0.4 is 0 Å². The summed E-state index contributed by atoms with van der Waals surface area (Å²) in [6.45, 7) is 0. The Morgan fingerprint density at radius 1 is 1.39 bits per heavy atom. The molecule has 0 aliphatic carbocycles. The van der Waals surface area contributed by atoms with Crippen LogP contribution in [0.15, 0.2) is 30.3 Å². The van der Waals surface area contributed by atoms with E-state index in [2.05, 4.69) is 31.6 Å². The monoisotopic (exact) mass is 402 g/mol. The van der Waals surface area contributed by atoms with Gasteiger partial charge in [-0.25, -0.2) is 0 Å². The zero-order valence-corrected chi connectivity index (χ0v) is 13.6. The Morgan fingerprint density at radius 3 is 2.33 bits per heavy atom. The molecular weight excluding hydrogens is 389 g/mol. The van der Waals surface area contributed by atoms with Gasteiger partial charge in [-0.1, -0.05) is 23.7 Å². The van der Waals surface area contributed by atoms with Crippen LogP contribution in [0.2, 0.25) is 0 Å². The van der Waals surface area contributed by atoms with Gasteiger partial charge in [0.15, 0.2) is 5.85 Å². The lowest BCUT2D eigenvalue weighted by Gasteiger charge is -2.17. The first-order chi connectivity index (χ1) is 8.42. The molecule has 0 radical (unpaired) electrons. The molecule has 1 aromatic rings. The van der Waals surface area contributed by atoms with Crippen LogP contribution in [-0.2, 0) is 13.6 Å². The largest absolute Gasteiger partial charge is 0.377 e. The topological polar surface area (TPSA) is 55.8 Å². The Morgan fingerprint density at radius 2 is 1.89 bits per heavy atom. The highest BCUT2D eigenvalue weighted by atomic mass is 127. The van der Waals surface area contributed by atoms with Crippen molar-refractivity contribution < 1.29 is 18.7 Å². The van der Waals surface area contributed by atoms with Crippen LogP contribution in [0.25, 0.3) is 5.03 Å². The highest BCUT2D eigenvalue weighted by Gasteiger charge is 2.30. The number of halogens is 2. The molecule has 0 unspecified atom stereocenters. The average Bonchev–Trinajstić information content (AvgIpc) is 2.38. The van der Waals surface area contributed by atoms with Crippen molar-refractivity contribution in [2.75, 3.05) is 14.2 Å². The van der Waals surface area contributed by atoms with E-state index in [1.165, 1.54) is 20.3 Å². The van der Waals surface area contributed by atoms with E-state index in [0.717, 1.165) is 9.13 Å². The van der Waals surface area contributed by atoms with Crippen LogP contribution in [0.3, 0.4) is 0 Å². The SMILES string of the molecule is COP(=O)(OC)[C@@H](O)/C=C(\Cl)c1ccc(I)cc1. The molecule has 0 aromatic heterocycles. The maximum absolute atomic E-state index is 11.9. The minimum Gasteiger partial charge on any atom is -0.377 e. The maximum atomic E-state index is 11.9. The van der Waals surface area contributed by atoms with Crippen LogP contribution in [0.1, 0.15) is 5.56 Å². The summed E-state index contributed by atoms with van der Waals surface area (Å²) in [6.07, 6.45) is 1.25. The van der Waals surface area contributed by atoms with Gasteiger partial charge in [0.25, 0.3) is 0 Å². The summed E-state index contributed by atoms with van der Waals surface area (Å²) in [7, 11) is -1.15. The van der Waals surface area contributed by atoms with Crippen molar-refractivity contribution in [3.8, 4) is 0 Å². The second-order valence-corrected chi connectivity index (χ2v) is 7.33. The fourth-order valence-electron chi connectivity index (χ4n) is 1.22. The molecule has 1 rings (SSSR count). The maximum Gasteiger partial charge on any atom is 0.362 e. The van der Waals surface area contributed by atoms with Crippen molar-refractivity contribution in [1.29, 1.82) is 0 Å². The Bertz CT molecular complexity index is 466. The number of hydrogen-bond acceptors (Lipinski definition) is 4. The van der Waals surface area contributed by atoms with E-state index in [0.29, 0.717) is 0 Å². The summed E-state index contributed by atoms with van der Waals surface area (Å²) >= 11 is 8.21. The smallest absolute Gasteiger partial charge is 0.362 e. The molecule has 1 atom stereocenters. The van der Waals surface area contributed by atoms with Gasteiger partial charge < -0.3 is 14.2 Å². The summed E-state index contributed by atoms with van der Waals surface area (Å²) < 4.78 is 22.3. The average molecular weight is 403 g/mol. The van der Waals surface area contributed by atoms with Gasteiger partial charge in [-0.3, -0.25) is 4.57 Å². The molecule has 0 bridgehead atoms.